The average molecular weight is 461 g/mol. The Bertz CT molecular complexity index is 696. The first-order valence-electron chi connectivity index (χ1n) is 7.59. The second-order valence-corrected chi connectivity index (χ2v) is 6.71. The van der Waals surface area contributed by atoms with E-state index in [2.05, 4.69) is 27.6 Å². The highest BCUT2D eigenvalue weighted by atomic mass is 127. The molecular weight excluding hydrogens is 440 g/mol. The first-order chi connectivity index (χ1) is 11.0. The van der Waals surface area contributed by atoms with E-state index in [4.69, 9.17) is 0 Å². The van der Waals surface area contributed by atoms with Crippen molar-refractivity contribution in [3.05, 3.63) is 62.7 Å². The number of hydrogen-bond acceptors (Lipinski definition) is 3. The molecule has 0 spiro atoms. The van der Waals surface area contributed by atoms with Gasteiger partial charge in [0.05, 0.1) is 6.10 Å². The number of benzene rings is 1. The third kappa shape index (κ3) is 5.82. The molecular formula is C18H21FINO2S. The number of aromatic nitrogens is 1. The molecule has 1 aromatic heterocycles. The van der Waals surface area contributed by atoms with Crippen molar-refractivity contribution < 1.29 is 14.3 Å². The normalized spacial score (nSPS) is 11.7. The molecule has 24 heavy (non-hydrogen) atoms. The number of carbonyl (C=O) groups is 1. The summed E-state index contributed by atoms with van der Waals surface area (Å²) in [5.41, 5.74) is 1.81. The van der Waals surface area contributed by atoms with Crippen LogP contribution in [-0.4, -0.2) is 22.0 Å². The number of aliphatic hydroxyl groups excluding tert-OH is 1. The number of rotatable bonds is 7. The largest absolute Gasteiger partial charge is 0.393 e. The molecule has 0 radical (unpaired) electrons. The summed E-state index contributed by atoms with van der Waals surface area (Å²) in [6.45, 7) is 1.88. The molecule has 6 heteroatoms. The van der Waals surface area contributed by atoms with Crippen molar-refractivity contribution in [2.24, 2.45) is 0 Å². The smallest absolute Gasteiger partial charge is 0.163 e. The molecule has 1 aromatic carbocycles. The lowest BCUT2D eigenvalue weighted by molar-refractivity contribution is 0.0936. The predicted molar refractivity (Wildman–Crippen MR) is 106 cm³/mol. The zero-order valence-corrected chi connectivity index (χ0v) is 16.6. The Morgan fingerprint density at radius 3 is 2.75 bits per heavy atom. The van der Waals surface area contributed by atoms with Crippen molar-refractivity contribution >= 4 is 41.9 Å². The van der Waals surface area contributed by atoms with Gasteiger partial charge in [-0.25, -0.2) is 4.39 Å². The van der Waals surface area contributed by atoms with E-state index >= 15 is 0 Å². The minimum atomic E-state index is -0.460. The van der Waals surface area contributed by atoms with Crippen LogP contribution in [0.3, 0.4) is 0 Å². The molecule has 130 valence electrons. The van der Waals surface area contributed by atoms with Gasteiger partial charge in [0.2, 0.25) is 0 Å². The maximum absolute atomic E-state index is 14.0. The fourth-order valence-corrected chi connectivity index (χ4v) is 2.80. The van der Waals surface area contributed by atoms with Crippen LogP contribution in [-0.2, 0) is 6.42 Å². The van der Waals surface area contributed by atoms with Gasteiger partial charge in [-0.2, -0.15) is 13.5 Å². The molecule has 1 N–H and O–H groups in total. The maximum atomic E-state index is 14.0. The number of ketones is 1. The molecule has 0 aliphatic heterocycles. The van der Waals surface area contributed by atoms with Gasteiger partial charge in [-0.1, -0.05) is 13.0 Å². The van der Waals surface area contributed by atoms with Gasteiger partial charge in [-0.05, 0) is 64.8 Å². The molecule has 0 bridgehead atoms. The first-order valence-corrected chi connectivity index (χ1v) is 8.67. The highest BCUT2D eigenvalue weighted by Crippen LogP contribution is 2.20. The van der Waals surface area contributed by atoms with E-state index in [0.717, 1.165) is 3.57 Å². The second kappa shape index (κ2) is 10.1. The summed E-state index contributed by atoms with van der Waals surface area (Å²) in [7, 11) is 0. The van der Waals surface area contributed by atoms with Gasteiger partial charge in [0.25, 0.3) is 0 Å². The molecule has 0 aliphatic carbocycles. The van der Waals surface area contributed by atoms with E-state index < -0.39 is 6.10 Å². The first kappa shape index (κ1) is 21.1. The van der Waals surface area contributed by atoms with Gasteiger partial charge < -0.3 is 5.11 Å². The molecule has 0 saturated heterocycles. The Kier molecular flexibility index (Phi) is 8.86. The second-order valence-electron chi connectivity index (χ2n) is 5.47. The van der Waals surface area contributed by atoms with Crippen molar-refractivity contribution in [2.75, 3.05) is 0 Å². The van der Waals surface area contributed by atoms with Gasteiger partial charge >= 0.3 is 0 Å². The quantitative estimate of drug-likeness (QED) is 0.495. The van der Waals surface area contributed by atoms with Gasteiger partial charge in [0.15, 0.2) is 5.78 Å². The Labute approximate surface area is 162 Å². The Morgan fingerprint density at radius 1 is 1.33 bits per heavy atom. The fraction of sp³-hybridized carbons (Fsp3) is 0.333. The molecule has 0 aliphatic rings. The van der Waals surface area contributed by atoms with E-state index in [-0.39, 0.29) is 31.5 Å². The lowest BCUT2D eigenvalue weighted by Crippen LogP contribution is -2.11. The molecule has 1 heterocycles. The zero-order valence-electron chi connectivity index (χ0n) is 13.4. The van der Waals surface area contributed by atoms with E-state index in [9.17, 15) is 14.3 Å². The highest BCUT2D eigenvalue weighted by Gasteiger charge is 2.15. The lowest BCUT2D eigenvalue weighted by Gasteiger charge is -2.11. The van der Waals surface area contributed by atoms with Crippen LogP contribution in [0.15, 0.2) is 36.7 Å². The molecule has 0 unspecified atom stereocenters. The number of pyridine rings is 1. The monoisotopic (exact) mass is 461 g/mol. The van der Waals surface area contributed by atoms with Crippen molar-refractivity contribution in [3.63, 3.8) is 0 Å². The average Bonchev–Trinajstić information content (AvgIpc) is 2.55. The summed E-state index contributed by atoms with van der Waals surface area (Å²) >= 11 is 2.06. The molecule has 0 saturated carbocycles. The highest BCUT2D eigenvalue weighted by molar-refractivity contribution is 14.1. The van der Waals surface area contributed by atoms with E-state index in [1.165, 1.54) is 6.07 Å². The third-order valence-corrected chi connectivity index (χ3v) is 4.45. The Balaban J connectivity index is 0.00000288. The fourth-order valence-electron chi connectivity index (χ4n) is 2.35. The standard InChI is InChI=1S/C18H19FINO2.H2S/c1-2-15(22)5-6-18(23)16-7-8-21-11-13(16)9-12-3-4-14(20)10-17(12)19;/h3-4,7-8,10-11,15,22H,2,5-6,9H2,1H3;1H2/t15-;/m1./s1. The van der Waals surface area contributed by atoms with Crippen LogP contribution in [0, 0.1) is 9.39 Å². The maximum Gasteiger partial charge on any atom is 0.163 e. The van der Waals surface area contributed by atoms with Crippen LogP contribution < -0.4 is 0 Å². The van der Waals surface area contributed by atoms with Crippen LogP contribution in [0.5, 0.6) is 0 Å². The summed E-state index contributed by atoms with van der Waals surface area (Å²) in [6, 6.07) is 6.72. The molecule has 1 atom stereocenters. The molecule has 0 amide bonds. The summed E-state index contributed by atoms with van der Waals surface area (Å²) in [6.07, 6.45) is 4.39. The summed E-state index contributed by atoms with van der Waals surface area (Å²) in [5.74, 6) is -0.318. The number of aliphatic hydroxyl groups is 1. The van der Waals surface area contributed by atoms with E-state index in [0.29, 0.717) is 36.0 Å². The minimum Gasteiger partial charge on any atom is -0.393 e. The van der Waals surface area contributed by atoms with E-state index in [1.54, 1.807) is 24.5 Å². The van der Waals surface area contributed by atoms with Crippen LogP contribution in [0.25, 0.3) is 0 Å². The molecule has 2 rings (SSSR count). The predicted octanol–water partition coefficient (Wildman–Crippen LogP) is 4.26. The van der Waals surface area contributed by atoms with Gasteiger partial charge in [0, 0.05) is 34.4 Å². The summed E-state index contributed by atoms with van der Waals surface area (Å²) < 4.78 is 14.9. The topological polar surface area (TPSA) is 50.2 Å². The van der Waals surface area contributed by atoms with Crippen LogP contribution in [0.1, 0.15) is 47.7 Å². The molecule has 0 fully saturated rings. The van der Waals surface area contributed by atoms with Crippen molar-refractivity contribution in [1.29, 1.82) is 0 Å². The van der Waals surface area contributed by atoms with Crippen molar-refractivity contribution in [3.8, 4) is 0 Å². The van der Waals surface area contributed by atoms with Crippen molar-refractivity contribution in [2.45, 2.75) is 38.7 Å². The lowest BCUT2D eigenvalue weighted by atomic mass is 9.96. The SMILES string of the molecule is CC[C@@H](O)CCC(=O)c1ccncc1Cc1ccc(I)cc1F.S. The van der Waals surface area contributed by atoms with Gasteiger partial charge in [-0.15, -0.1) is 0 Å². The van der Waals surface area contributed by atoms with Gasteiger partial charge in [-0.3, -0.25) is 9.78 Å². The number of Topliss-reactive ketones (excluding diaryl/α,β-unsaturated/α-hetero) is 1. The minimum absolute atomic E-state index is 0. The van der Waals surface area contributed by atoms with E-state index in [1.807, 2.05) is 13.0 Å². The van der Waals surface area contributed by atoms with Crippen LogP contribution in [0.2, 0.25) is 0 Å². The Hall–Kier alpha value is -0.990. The number of nitrogens with zero attached hydrogens (tertiary/aromatic N) is 1. The van der Waals surface area contributed by atoms with Crippen LogP contribution in [0.4, 0.5) is 4.39 Å². The number of hydrogen-bond donors (Lipinski definition) is 1. The number of halogens is 2. The van der Waals surface area contributed by atoms with Gasteiger partial charge in [0.1, 0.15) is 5.82 Å². The summed E-state index contributed by atoms with van der Waals surface area (Å²) in [5, 5.41) is 9.61. The molecule has 3 nitrogen and oxygen atoms in total. The third-order valence-electron chi connectivity index (χ3n) is 3.78. The zero-order chi connectivity index (χ0) is 16.8. The Morgan fingerprint density at radius 2 is 2.08 bits per heavy atom. The molecule has 2 aromatic rings. The van der Waals surface area contributed by atoms with Crippen molar-refractivity contribution in [1.82, 2.24) is 4.98 Å². The number of carbonyl (C=O) groups excluding carboxylic acids is 1. The van der Waals surface area contributed by atoms with Crippen LogP contribution >= 0.6 is 36.1 Å². The summed E-state index contributed by atoms with van der Waals surface area (Å²) in [4.78, 5) is 16.4.